The molecular weight excluding hydrogens is 310 g/mol. The van der Waals surface area contributed by atoms with Crippen molar-refractivity contribution in [1.82, 2.24) is 9.97 Å². The van der Waals surface area contributed by atoms with Crippen molar-refractivity contribution in [1.29, 1.82) is 0 Å². The maximum absolute atomic E-state index is 11.7. The van der Waals surface area contributed by atoms with Crippen LogP contribution in [0.4, 0.5) is 5.82 Å². The van der Waals surface area contributed by atoms with E-state index in [0.29, 0.717) is 23.8 Å². The van der Waals surface area contributed by atoms with Crippen molar-refractivity contribution in [3.8, 4) is 0 Å². The molecule has 1 aromatic rings. The normalized spacial score (nSPS) is 23.0. The lowest BCUT2D eigenvalue weighted by molar-refractivity contribution is 0.452. The Bertz CT molecular complexity index is 619. The van der Waals surface area contributed by atoms with E-state index in [2.05, 4.69) is 15.3 Å². The number of anilines is 1. The van der Waals surface area contributed by atoms with E-state index in [9.17, 15) is 8.42 Å². The molecule has 1 saturated carbocycles. The second-order valence-corrected chi connectivity index (χ2v) is 8.40. The van der Waals surface area contributed by atoms with E-state index >= 15 is 0 Å². The molecule has 0 radical (unpaired) electrons. The fourth-order valence-electron chi connectivity index (χ4n) is 2.69. The summed E-state index contributed by atoms with van der Waals surface area (Å²) in [6.45, 7) is 3.85. The molecule has 1 heterocycles. The van der Waals surface area contributed by atoms with E-state index in [1.165, 1.54) is 6.26 Å². The predicted octanol–water partition coefficient (Wildman–Crippen LogP) is 2.77. The summed E-state index contributed by atoms with van der Waals surface area (Å²) in [6, 6.07) is 0.118. The van der Waals surface area contributed by atoms with Crippen LogP contribution in [-0.2, 0) is 16.3 Å². The Morgan fingerprint density at radius 3 is 2.67 bits per heavy atom. The summed E-state index contributed by atoms with van der Waals surface area (Å²) >= 11 is 6.13. The Morgan fingerprint density at radius 1 is 1.33 bits per heavy atom. The molecule has 1 fully saturated rings. The largest absolute Gasteiger partial charge is 0.367 e. The summed E-state index contributed by atoms with van der Waals surface area (Å²) in [4.78, 5) is 8.69. The topological polar surface area (TPSA) is 72.0 Å². The highest BCUT2D eigenvalue weighted by atomic mass is 35.5. The molecule has 1 aromatic heterocycles. The third-order valence-electron chi connectivity index (χ3n) is 4.02. The third-order valence-corrected chi connectivity index (χ3v) is 6.03. The molecule has 1 N–H and O–H groups in total. The summed E-state index contributed by atoms with van der Waals surface area (Å²) < 4.78 is 23.5. The van der Waals surface area contributed by atoms with Gasteiger partial charge in [0.15, 0.2) is 0 Å². The number of hydrogen-bond donors (Lipinski definition) is 1. The minimum atomic E-state index is -2.98. The van der Waals surface area contributed by atoms with E-state index < -0.39 is 9.84 Å². The monoisotopic (exact) mass is 331 g/mol. The Labute approximate surface area is 131 Å². The highest BCUT2D eigenvalue weighted by Crippen LogP contribution is 2.28. The number of nitrogens with one attached hydrogen (secondary N) is 1. The lowest BCUT2D eigenvalue weighted by Crippen LogP contribution is -2.34. The smallest absolute Gasteiger partial charge is 0.150 e. The Balaban J connectivity index is 2.16. The molecule has 0 spiro atoms. The van der Waals surface area contributed by atoms with Crippen LogP contribution in [0.25, 0.3) is 0 Å². The Morgan fingerprint density at radius 2 is 2.05 bits per heavy atom. The number of rotatable bonds is 4. The average molecular weight is 332 g/mol. The van der Waals surface area contributed by atoms with Gasteiger partial charge in [0.05, 0.1) is 5.25 Å². The molecule has 0 unspecified atom stereocenters. The molecule has 0 saturated heterocycles. The molecule has 2 atom stereocenters. The number of aryl methyl sites for hydroxylation is 1. The van der Waals surface area contributed by atoms with Crippen LogP contribution in [0.2, 0.25) is 5.15 Å². The molecule has 1 aliphatic rings. The third kappa shape index (κ3) is 4.07. The zero-order chi connectivity index (χ0) is 15.6. The van der Waals surface area contributed by atoms with Crippen LogP contribution in [0.3, 0.4) is 0 Å². The number of halogens is 1. The van der Waals surface area contributed by atoms with Gasteiger partial charge in [-0.25, -0.2) is 18.4 Å². The van der Waals surface area contributed by atoms with Gasteiger partial charge >= 0.3 is 0 Å². The highest BCUT2D eigenvalue weighted by molar-refractivity contribution is 7.91. The van der Waals surface area contributed by atoms with Gasteiger partial charge in [-0.2, -0.15) is 0 Å². The van der Waals surface area contributed by atoms with E-state index in [1.807, 2.05) is 13.8 Å². The second kappa shape index (κ2) is 6.48. The second-order valence-electron chi connectivity index (χ2n) is 5.72. The first-order chi connectivity index (χ1) is 9.81. The van der Waals surface area contributed by atoms with Crippen LogP contribution in [-0.4, -0.2) is 35.9 Å². The zero-order valence-corrected chi connectivity index (χ0v) is 14.3. The van der Waals surface area contributed by atoms with Crippen LogP contribution in [0.1, 0.15) is 44.0 Å². The summed E-state index contributed by atoms with van der Waals surface area (Å²) in [6.07, 6.45) is 5.28. The molecule has 5 nitrogen and oxygen atoms in total. The molecule has 2 rings (SSSR count). The molecule has 7 heteroatoms. The van der Waals surface area contributed by atoms with Crippen molar-refractivity contribution in [3.63, 3.8) is 0 Å². The first-order valence-electron chi connectivity index (χ1n) is 7.29. The maximum atomic E-state index is 11.7. The average Bonchev–Trinajstić information content (AvgIpc) is 2.43. The molecule has 0 bridgehead atoms. The van der Waals surface area contributed by atoms with Crippen LogP contribution in [0, 0.1) is 6.92 Å². The summed E-state index contributed by atoms with van der Waals surface area (Å²) in [7, 11) is -2.98. The van der Waals surface area contributed by atoms with E-state index in [0.717, 1.165) is 30.6 Å². The van der Waals surface area contributed by atoms with Gasteiger partial charge in [0.2, 0.25) is 0 Å². The van der Waals surface area contributed by atoms with E-state index in [-0.39, 0.29) is 11.3 Å². The van der Waals surface area contributed by atoms with Crippen molar-refractivity contribution in [2.75, 3.05) is 11.6 Å². The first kappa shape index (κ1) is 16.5. The number of nitrogens with zero attached hydrogens (tertiary/aromatic N) is 2. The Hall–Kier alpha value is -0.880. The number of sulfone groups is 1. The fraction of sp³-hybridized carbons (Fsp3) is 0.714. The van der Waals surface area contributed by atoms with Crippen LogP contribution in [0.15, 0.2) is 0 Å². The van der Waals surface area contributed by atoms with E-state index in [1.54, 1.807) is 0 Å². The quantitative estimate of drug-likeness (QED) is 0.859. The number of aromatic nitrogens is 2. The maximum Gasteiger partial charge on any atom is 0.150 e. The van der Waals surface area contributed by atoms with Crippen molar-refractivity contribution >= 4 is 27.3 Å². The lowest BCUT2D eigenvalue weighted by Gasteiger charge is -2.29. The van der Waals surface area contributed by atoms with Gasteiger partial charge in [0.25, 0.3) is 0 Å². The van der Waals surface area contributed by atoms with Gasteiger partial charge in [-0.15, -0.1) is 0 Å². The van der Waals surface area contributed by atoms with Gasteiger partial charge in [-0.05, 0) is 26.2 Å². The zero-order valence-electron chi connectivity index (χ0n) is 12.7. The molecule has 0 aliphatic heterocycles. The standard InChI is InChI=1S/C14H22ClN3O2S/c1-4-12-17-13(15)9(2)14(18-12)16-10-6-5-7-11(8-10)21(3,19)20/h10-11H,4-8H2,1-3H3,(H,16,17,18)/t10-,11+/m1/s1. The van der Waals surface area contributed by atoms with Crippen LogP contribution in [0.5, 0.6) is 0 Å². The minimum Gasteiger partial charge on any atom is -0.367 e. The molecule has 1 aliphatic carbocycles. The van der Waals surface area contributed by atoms with Crippen LogP contribution < -0.4 is 5.32 Å². The summed E-state index contributed by atoms with van der Waals surface area (Å²) in [5.41, 5.74) is 0.815. The molecular formula is C14H22ClN3O2S. The van der Waals surface area contributed by atoms with Gasteiger partial charge < -0.3 is 5.32 Å². The van der Waals surface area contributed by atoms with Crippen molar-refractivity contribution in [2.45, 2.75) is 57.2 Å². The molecule has 21 heavy (non-hydrogen) atoms. The summed E-state index contributed by atoms with van der Waals surface area (Å²) in [5, 5.41) is 3.57. The minimum absolute atomic E-state index is 0.118. The molecule has 118 valence electrons. The first-order valence-corrected chi connectivity index (χ1v) is 9.63. The lowest BCUT2D eigenvalue weighted by atomic mass is 9.95. The predicted molar refractivity (Wildman–Crippen MR) is 85.7 cm³/mol. The van der Waals surface area contributed by atoms with E-state index in [4.69, 9.17) is 11.6 Å². The Kier molecular flexibility index (Phi) is 5.09. The van der Waals surface area contributed by atoms with Gasteiger partial charge in [0.1, 0.15) is 26.6 Å². The van der Waals surface area contributed by atoms with Gasteiger partial charge in [-0.1, -0.05) is 24.9 Å². The number of hydrogen-bond acceptors (Lipinski definition) is 5. The summed E-state index contributed by atoms with van der Waals surface area (Å²) in [5.74, 6) is 1.43. The van der Waals surface area contributed by atoms with Gasteiger partial charge in [-0.3, -0.25) is 0 Å². The van der Waals surface area contributed by atoms with Crippen molar-refractivity contribution < 1.29 is 8.42 Å². The SMILES string of the molecule is CCc1nc(Cl)c(C)c(N[C@@H]2CCC[C@H](S(C)(=O)=O)C2)n1. The van der Waals surface area contributed by atoms with Crippen LogP contribution >= 0.6 is 11.6 Å². The highest BCUT2D eigenvalue weighted by Gasteiger charge is 2.29. The molecule has 0 aromatic carbocycles. The van der Waals surface area contributed by atoms with Crippen molar-refractivity contribution in [3.05, 3.63) is 16.5 Å². The molecule has 0 amide bonds. The fourth-order valence-corrected chi connectivity index (χ4v) is 4.05. The van der Waals surface area contributed by atoms with Crippen molar-refractivity contribution in [2.24, 2.45) is 0 Å². The van der Waals surface area contributed by atoms with Gasteiger partial charge in [0, 0.05) is 24.3 Å².